The van der Waals surface area contributed by atoms with Gasteiger partial charge in [0.05, 0.1) is 37.6 Å². The first-order chi connectivity index (χ1) is 13.9. The molecule has 1 N–H and O–H groups in total. The summed E-state index contributed by atoms with van der Waals surface area (Å²) in [6, 6.07) is 4.67. The normalized spacial score (nSPS) is 25.4. The summed E-state index contributed by atoms with van der Waals surface area (Å²) in [5.41, 5.74) is 0.843. The average molecular weight is 406 g/mol. The summed E-state index contributed by atoms with van der Waals surface area (Å²) in [5, 5.41) is 2.61. The molecule has 0 saturated carbocycles. The molecular weight excluding hydrogens is 383 g/mol. The summed E-state index contributed by atoms with van der Waals surface area (Å²) in [7, 11) is 1.35. The lowest BCUT2D eigenvalue weighted by Gasteiger charge is -2.41. The molecule has 3 aliphatic heterocycles. The Morgan fingerprint density at radius 1 is 1.28 bits per heavy atom. The van der Waals surface area contributed by atoms with E-state index in [1.807, 2.05) is 4.90 Å². The number of fused-ring (bicyclic) bond motifs is 1. The van der Waals surface area contributed by atoms with E-state index < -0.39 is 18.0 Å². The lowest BCUT2D eigenvalue weighted by molar-refractivity contribution is -0.119. The monoisotopic (exact) mass is 406 g/mol. The van der Waals surface area contributed by atoms with Gasteiger partial charge in [0.15, 0.2) is 0 Å². The standard InChI is InChI=1S/C19H23FN4O5/c1-11(25)21-6-14-9-23(19(27)29-14)13-3-4-16(15(20)5-13)22-7-12-8-24(17(12)10-22)18(26)28-2/h3-5,12,14,17H,6-10H2,1-2H3,(H,21,25)/t12-,14-,17-/m0/s1. The van der Waals surface area contributed by atoms with Crippen LogP contribution in [-0.2, 0) is 14.3 Å². The molecule has 156 valence electrons. The van der Waals surface area contributed by atoms with Gasteiger partial charge in [0.25, 0.3) is 0 Å². The van der Waals surface area contributed by atoms with Gasteiger partial charge >= 0.3 is 12.2 Å². The van der Waals surface area contributed by atoms with Gasteiger partial charge < -0.3 is 24.6 Å². The maximum Gasteiger partial charge on any atom is 0.414 e. The van der Waals surface area contributed by atoms with Crippen molar-refractivity contribution in [3.05, 3.63) is 24.0 Å². The fourth-order valence-corrected chi connectivity index (χ4v) is 4.18. The van der Waals surface area contributed by atoms with E-state index in [1.54, 1.807) is 17.0 Å². The number of likely N-dealkylation sites (tertiary alicyclic amines) is 1. The second-order valence-electron chi connectivity index (χ2n) is 7.54. The number of anilines is 2. The van der Waals surface area contributed by atoms with Crippen molar-refractivity contribution in [1.82, 2.24) is 10.2 Å². The first-order valence-electron chi connectivity index (χ1n) is 9.49. The highest BCUT2D eigenvalue weighted by Crippen LogP contribution is 2.37. The van der Waals surface area contributed by atoms with Crippen LogP contribution >= 0.6 is 0 Å². The molecule has 0 bridgehead atoms. The van der Waals surface area contributed by atoms with E-state index in [4.69, 9.17) is 9.47 Å². The quantitative estimate of drug-likeness (QED) is 0.807. The number of hydrogen-bond acceptors (Lipinski definition) is 6. The van der Waals surface area contributed by atoms with Crippen molar-refractivity contribution in [3.63, 3.8) is 0 Å². The Bertz CT molecular complexity index is 850. The van der Waals surface area contributed by atoms with E-state index >= 15 is 0 Å². The lowest BCUT2D eigenvalue weighted by atomic mass is 9.93. The van der Waals surface area contributed by atoms with Crippen LogP contribution in [0.2, 0.25) is 0 Å². The number of rotatable bonds is 4. The van der Waals surface area contributed by atoms with Crippen LogP contribution in [0.5, 0.6) is 0 Å². The van der Waals surface area contributed by atoms with Crippen molar-refractivity contribution < 1.29 is 28.2 Å². The predicted molar refractivity (Wildman–Crippen MR) is 101 cm³/mol. The molecule has 3 fully saturated rings. The Labute approximate surface area is 167 Å². The fraction of sp³-hybridized carbons (Fsp3) is 0.526. The van der Waals surface area contributed by atoms with E-state index in [0.29, 0.717) is 36.9 Å². The molecular formula is C19H23FN4O5. The molecule has 3 atom stereocenters. The molecule has 1 aromatic carbocycles. The minimum atomic E-state index is -0.569. The highest BCUT2D eigenvalue weighted by atomic mass is 19.1. The zero-order valence-electron chi connectivity index (χ0n) is 16.3. The number of nitrogens with zero attached hydrogens (tertiary/aromatic N) is 3. The molecule has 3 saturated heterocycles. The number of nitrogens with one attached hydrogen (secondary N) is 1. The summed E-state index contributed by atoms with van der Waals surface area (Å²) in [4.78, 5) is 39.8. The molecule has 1 aromatic rings. The van der Waals surface area contributed by atoms with E-state index in [2.05, 4.69) is 5.32 Å². The Hall–Kier alpha value is -3.04. The first-order valence-corrected chi connectivity index (χ1v) is 9.49. The predicted octanol–water partition coefficient (Wildman–Crippen LogP) is 1.17. The van der Waals surface area contributed by atoms with Crippen molar-refractivity contribution in [2.45, 2.75) is 19.1 Å². The molecule has 0 aliphatic carbocycles. The van der Waals surface area contributed by atoms with Crippen molar-refractivity contribution in [2.24, 2.45) is 5.92 Å². The zero-order chi connectivity index (χ0) is 20.7. The van der Waals surface area contributed by atoms with Crippen LogP contribution in [-0.4, -0.2) is 75.0 Å². The molecule has 3 heterocycles. The Morgan fingerprint density at radius 2 is 2.07 bits per heavy atom. The molecule has 29 heavy (non-hydrogen) atoms. The zero-order valence-corrected chi connectivity index (χ0v) is 16.3. The highest BCUT2D eigenvalue weighted by Gasteiger charge is 2.48. The number of halogens is 1. The topological polar surface area (TPSA) is 91.4 Å². The molecule has 0 radical (unpaired) electrons. The number of carbonyl (C=O) groups is 3. The van der Waals surface area contributed by atoms with E-state index in [-0.39, 0.29) is 31.1 Å². The third-order valence-corrected chi connectivity index (χ3v) is 5.68. The second kappa shape index (κ2) is 7.41. The summed E-state index contributed by atoms with van der Waals surface area (Å²) < 4.78 is 24.8. The number of ether oxygens (including phenoxy) is 2. The van der Waals surface area contributed by atoms with Gasteiger partial charge in [-0.25, -0.2) is 14.0 Å². The van der Waals surface area contributed by atoms with Crippen LogP contribution in [0.1, 0.15) is 6.92 Å². The van der Waals surface area contributed by atoms with Gasteiger partial charge in [-0.15, -0.1) is 0 Å². The summed E-state index contributed by atoms with van der Waals surface area (Å²) in [6.07, 6.45) is -1.40. The van der Waals surface area contributed by atoms with Crippen LogP contribution in [0.3, 0.4) is 0 Å². The average Bonchev–Trinajstić information content (AvgIpc) is 3.20. The van der Waals surface area contributed by atoms with Crippen molar-refractivity contribution in [2.75, 3.05) is 49.6 Å². The van der Waals surface area contributed by atoms with Gasteiger partial charge in [-0.05, 0) is 18.2 Å². The number of amides is 3. The van der Waals surface area contributed by atoms with Crippen molar-refractivity contribution in [3.8, 4) is 0 Å². The third-order valence-electron chi connectivity index (χ3n) is 5.68. The largest absolute Gasteiger partial charge is 0.453 e. The lowest BCUT2D eigenvalue weighted by Crippen LogP contribution is -2.58. The van der Waals surface area contributed by atoms with Gasteiger partial charge in [0.1, 0.15) is 11.9 Å². The number of benzene rings is 1. The molecule has 3 aliphatic rings. The number of carbonyl (C=O) groups excluding carboxylic acids is 3. The molecule has 0 aromatic heterocycles. The number of cyclic esters (lactones) is 1. The molecule has 0 spiro atoms. The van der Waals surface area contributed by atoms with Gasteiger partial charge in [-0.1, -0.05) is 0 Å². The second-order valence-corrected chi connectivity index (χ2v) is 7.54. The molecule has 0 unspecified atom stereocenters. The molecule has 4 rings (SSSR count). The van der Waals surface area contributed by atoms with Gasteiger partial charge in [-0.3, -0.25) is 9.69 Å². The number of methoxy groups -OCH3 is 1. The van der Waals surface area contributed by atoms with E-state index in [9.17, 15) is 18.8 Å². The first kappa shape index (κ1) is 19.3. The van der Waals surface area contributed by atoms with Gasteiger partial charge in [0, 0.05) is 32.5 Å². The summed E-state index contributed by atoms with van der Waals surface area (Å²) >= 11 is 0. The smallest absolute Gasteiger partial charge is 0.414 e. The van der Waals surface area contributed by atoms with Crippen LogP contribution < -0.4 is 15.1 Å². The third kappa shape index (κ3) is 3.54. The summed E-state index contributed by atoms with van der Waals surface area (Å²) in [5.74, 6) is -0.344. The highest BCUT2D eigenvalue weighted by molar-refractivity contribution is 5.90. The summed E-state index contributed by atoms with van der Waals surface area (Å²) in [6.45, 7) is 3.66. The Morgan fingerprint density at radius 3 is 2.76 bits per heavy atom. The van der Waals surface area contributed by atoms with Crippen molar-refractivity contribution in [1.29, 1.82) is 0 Å². The maximum atomic E-state index is 14.8. The van der Waals surface area contributed by atoms with Crippen LogP contribution in [0.4, 0.5) is 25.4 Å². The van der Waals surface area contributed by atoms with E-state index in [0.717, 1.165) is 0 Å². The van der Waals surface area contributed by atoms with Crippen LogP contribution in [0.25, 0.3) is 0 Å². The van der Waals surface area contributed by atoms with E-state index in [1.165, 1.54) is 25.0 Å². The molecule has 9 nitrogen and oxygen atoms in total. The van der Waals surface area contributed by atoms with Crippen molar-refractivity contribution >= 4 is 29.5 Å². The van der Waals surface area contributed by atoms with Crippen LogP contribution in [0.15, 0.2) is 18.2 Å². The Balaban J connectivity index is 1.42. The molecule has 10 heteroatoms. The fourth-order valence-electron chi connectivity index (χ4n) is 4.18. The minimum Gasteiger partial charge on any atom is -0.453 e. The minimum absolute atomic E-state index is 0.0321. The number of hydrogen-bond donors (Lipinski definition) is 1. The molecule has 3 amide bonds. The Kier molecular flexibility index (Phi) is 4.93. The van der Waals surface area contributed by atoms with Crippen LogP contribution in [0, 0.1) is 11.7 Å². The van der Waals surface area contributed by atoms with Gasteiger partial charge in [-0.2, -0.15) is 0 Å². The maximum absolute atomic E-state index is 14.8. The SMILES string of the molecule is COC(=O)N1C[C@@H]2CN(c3ccc(N4C[C@H](CNC(C)=O)OC4=O)cc3F)C[C@@H]21. The van der Waals surface area contributed by atoms with Gasteiger partial charge in [0.2, 0.25) is 5.91 Å².